The molecule has 0 saturated heterocycles. The zero-order valence-corrected chi connectivity index (χ0v) is 23.6. The first kappa shape index (κ1) is 26.0. The van der Waals surface area contributed by atoms with Gasteiger partial charge in [0.25, 0.3) is 5.91 Å². The Balaban J connectivity index is 1.70. The van der Waals surface area contributed by atoms with Gasteiger partial charge in [-0.25, -0.2) is 4.98 Å². The number of nitro groups is 1. The van der Waals surface area contributed by atoms with Crippen LogP contribution in [0.4, 0.5) is 10.1 Å². The number of hydrogen-bond donors (Lipinski definition) is 1. The van der Waals surface area contributed by atoms with Crippen LogP contribution >= 0.6 is 38.6 Å². The molecule has 0 bridgehead atoms. The van der Waals surface area contributed by atoms with E-state index >= 15 is 0 Å². The van der Waals surface area contributed by atoms with Gasteiger partial charge in [-0.1, -0.05) is 83.6 Å². The molecule has 0 atom stereocenters. The summed E-state index contributed by atoms with van der Waals surface area (Å²) in [5.74, 6) is 0.203. The standard InChI is InChI=1S/C26H24BrN3O4S2/c1-14-12-18(13-15(2)21(14)27)34-24-22(16-6-8-17(9-7-16)26(3,4)5)28-25(36-24)29-23(31)19-10-11-20(35-19)30(32)33/h6-13H,1-5H3,(H,28,29,31). The van der Waals surface area contributed by atoms with Gasteiger partial charge in [-0.3, -0.25) is 20.2 Å². The molecule has 0 aliphatic carbocycles. The number of benzene rings is 2. The Morgan fingerprint density at radius 2 is 1.69 bits per heavy atom. The topological polar surface area (TPSA) is 94.4 Å². The highest BCUT2D eigenvalue weighted by Gasteiger charge is 2.21. The van der Waals surface area contributed by atoms with E-state index < -0.39 is 10.8 Å². The lowest BCUT2D eigenvalue weighted by molar-refractivity contribution is -0.380. The molecule has 1 amide bonds. The first-order chi connectivity index (χ1) is 16.9. The molecule has 0 fully saturated rings. The normalized spacial score (nSPS) is 11.4. The van der Waals surface area contributed by atoms with Crippen LogP contribution in [-0.4, -0.2) is 15.8 Å². The summed E-state index contributed by atoms with van der Waals surface area (Å²) in [6.07, 6.45) is 0. The third-order valence-electron chi connectivity index (χ3n) is 5.46. The van der Waals surface area contributed by atoms with Gasteiger partial charge in [0, 0.05) is 16.1 Å². The number of thiophene rings is 1. The number of anilines is 1. The minimum atomic E-state index is -0.516. The Kier molecular flexibility index (Phi) is 7.31. The van der Waals surface area contributed by atoms with Crippen molar-refractivity contribution in [1.29, 1.82) is 0 Å². The molecule has 0 saturated carbocycles. The maximum Gasteiger partial charge on any atom is 0.324 e. The van der Waals surface area contributed by atoms with E-state index in [1.165, 1.54) is 29.0 Å². The van der Waals surface area contributed by atoms with Gasteiger partial charge in [0.1, 0.15) is 11.4 Å². The summed E-state index contributed by atoms with van der Waals surface area (Å²) in [6.45, 7) is 10.4. The molecule has 4 rings (SSSR count). The van der Waals surface area contributed by atoms with Gasteiger partial charge in [0.2, 0.25) is 5.06 Å². The first-order valence-electron chi connectivity index (χ1n) is 11.0. The third-order valence-corrected chi connectivity index (χ3v) is 8.59. The van der Waals surface area contributed by atoms with Gasteiger partial charge in [-0.2, -0.15) is 0 Å². The number of halogens is 1. The lowest BCUT2D eigenvalue weighted by atomic mass is 9.86. The monoisotopic (exact) mass is 585 g/mol. The summed E-state index contributed by atoms with van der Waals surface area (Å²) >= 11 is 5.60. The van der Waals surface area contributed by atoms with Crippen molar-refractivity contribution in [2.24, 2.45) is 0 Å². The van der Waals surface area contributed by atoms with Gasteiger partial charge in [0.15, 0.2) is 5.13 Å². The van der Waals surface area contributed by atoms with Crippen LogP contribution in [0.5, 0.6) is 10.8 Å². The predicted octanol–water partition coefficient (Wildman–Crippen LogP) is 8.50. The Morgan fingerprint density at radius 3 is 2.25 bits per heavy atom. The molecular formula is C26H24BrN3O4S2. The predicted molar refractivity (Wildman–Crippen MR) is 149 cm³/mol. The van der Waals surface area contributed by atoms with Crippen LogP contribution in [0, 0.1) is 24.0 Å². The van der Waals surface area contributed by atoms with Crippen LogP contribution in [0.3, 0.4) is 0 Å². The number of amides is 1. The number of aromatic nitrogens is 1. The fourth-order valence-corrected chi connectivity index (χ4v) is 5.32. The Hall–Kier alpha value is -3.08. The molecule has 0 aliphatic heterocycles. The molecule has 36 heavy (non-hydrogen) atoms. The minimum Gasteiger partial charge on any atom is -0.444 e. The Labute approximate surface area is 225 Å². The van der Waals surface area contributed by atoms with E-state index in [9.17, 15) is 14.9 Å². The summed E-state index contributed by atoms with van der Waals surface area (Å²) in [5, 5.41) is 14.5. The van der Waals surface area contributed by atoms with Gasteiger partial charge < -0.3 is 4.74 Å². The average Bonchev–Trinajstić information content (AvgIpc) is 3.45. The van der Waals surface area contributed by atoms with Crippen molar-refractivity contribution in [3.63, 3.8) is 0 Å². The van der Waals surface area contributed by atoms with Gasteiger partial charge in [-0.05, 0) is 54.2 Å². The second-order valence-electron chi connectivity index (χ2n) is 9.30. The molecule has 2 aromatic carbocycles. The molecule has 2 aromatic heterocycles. The van der Waals surface area contributed by atoms with Crippen LogP contribution < -0.4 is 10.1 Å². The Morgan fingerprint density at radius 1 is 1.06 bits per heavy atom. The van der Waals surface area contributed by atoms with Crippen LogP contribution in [-0.2, 0) is 5.41 Å². The summed E-state index contributed by atoms with van der Waals surface area (Å²) in [4.78, 5) is 28.1. The zero-order valence-electron chi connectivity index (χ0n) is 20.3. The van der Waals surface area contributed by atoms with Crippen LogP contribution in [0.2, 0.25) is 0 Å². The number of hydrogen-bond acceptors (Lipinski definition) is 7. The molecule has 4 aromatic rings. The van der Waals surface area contributed by atoms with E-state index in [-0.39, 0.29) is 15.3 Å². The SMILES string of the molecule is Cc1cc(Oc2sc(NC(=O)c3ccc([N+](=O)[O-])s3)nc2-c2ccc(C(C)(C)C)cc2)cc(C)c1Br. The van der Waals surface area contributed by atoms with Crippen LogP contribution in [0.1, 0.15) is 47.1 Å². The second-order valence-corrected chi connectivity index (χ2v) is 12.1. The fourth-order valence-electron chi connectivity index (χ4n) is 3.52. The van der Waals surface area contributed by atoms with Crippen LogP contribution in [0.15, 0.2) is 53.0 Å². The molecular weight excluding hydrogens is 562 g/mol. The lowest BCUT2D eigenvalue weighted by Crippen LogP contribution is -2.10. The van der Waals surface area contributed by atoms with E-state index in [1.807, 2.05) is 38.1 Å². The van der Waals surface area contributed by atoms with E-state index in [0.29, 0.717) is 21.6 Å². The highest BCUT2D eigenvalue weighted by Crippen LogP contribution is 2.42. The summed E-state index contributed by atoms with van der Waals surface area (Å²) in [7, 11) is 0. The summed E-state index contributed by atoms with van der Waals surface area (Å²) < 4.78 is 7.30. The second kappa shape index (κ2) is 10.1. The number of nitrogens with one attached hydrogen (secondary N) is 1. The van der Waals surface area contributed by atoms with Crippen molar-refractivity contribution in [3.8, 4) is 22.1 Å². The first-order valence-corrected chi connectivity index (χ1v) is 13.5. The van der Waals surface area contributed by atoms with Gasteiger partial charge in [-0.15, -0.1) is 0 Å². The molecule has 186 valence electrons. The summed E-state index contributed by atoms with van der Waals surface area (Å²) in [5.41, 5.74) is 4.74. The molecule has 0 unspecified atom stereocenters. The largest absolute Gasteiger partial charge is 0.444 e. The minimum absolute atomic E-state index is 0.00880. The maximum atomic E-state index is 12.7. The van der Waals surface area contributed by atoms with Crippen molar-refractivity contribution in [2.75, 3.05) is 5.32 Å². The van der Waals surface area contributed by atoms with Crippen molar-refractivity contribution in [3.05, 3.63) is 84.7 Å². The highest BCUT2D eigenvalue weighted by molar-refractivity contribution is 9.10. The number of rotatable bonds is 6. The molecule has 7 nitrogen and oxygen atoms in total. The van der Waals surface area contributed by atoms with Crippen molar-refractivity contribution in [2.45, 2.75) is 40.0 Å². The van der Waals surface area contributed by atoms with Crippen LogP contribution in [0.25, 0.3) is 11.3 Å². The van der Waals surface area contributed by atoms with Gasteiger partial charge >= 0.3 is 5.00 Å². The van der Waals surface area contributed by atoms with E-state index in [2.05, 4.69) is 59.1 Å². The van der Waals surface area contributed by atoms with E-state index in [4.69, 9.17) is 4.74 Å². The molecule has 0 radical (unpaired) electrons. The summed E-state index contributed by atoms with van der Waals surface area (Å²) in [6, 6.07) is 14.7. The van der Waals surface area contributed by atoms with Crippen molar-refractivity contribution in [1.82, 2.24) is 4.98 Å². The molecule has 1 N–H and O–H groups in total. The van der Waals surface area contributed by atoms with E-state index in [0.717, 1.165) is 32.5 Å². The number of carbonyl (C=O) groups excluding carboxylic acids is 1. The van der Waals surface area contributed by atoms with E-state index in [1.54, 1.807) is 0 Å². The number of aryl methyl sites for hydroxylation is 2. The fraction of sp³-hybridized carbons (Fsp3) is 0.231. The maximum absolute atomic E-state index is 12.7. The molecule has 2 heterocycles. The number of thiazole rings is 1. The lowest BCUT2D eigenvalue weighted by Gasteiger charge is -2.19. The van der Waals surface area contributed by atoms with Crippen molar-refractivity contribution >= 4 is 54.6 Å². The van der Waals surface area contributed by atoms with Gasteiger partial charge in [0.05, 0.1) is 9.80 Å². The number of ether oxygens (including phenoxy) is 1. The van der Waals surface area contributed by atoms with Crippen molar-refractivity contribution < 1.29 is 14.5 Å². The molecule has 0 aliphatic rings. The Bertz CT molecular complexity index is 1430. The average molecular weight is 587 g/mol. The third kappa shape index (κ3) is 5.66. The quantitative estimate of drug-likeness (QED) is 0.181. The zero-order chi connectivity index (χ0) is 26.2. The number of nitrogens with zero attached hydrogens (tertiary/aromatic N) is 2. The molecule has 10 heteroatoms. The molecule has 0 spiro atoms. The highest BCUT2D eigenvalue weighted by atomic mass is 79.9. The number of carbonyl (C=O) groups is 1. The smallest absolute Gasteiger partial charge is 0.324 e.